The van der Waals surface area contributed by atoms with Crippen molar-refractivity contribution in [1.29, 1.82) is 0 Å². The maximum Gasteiger partial charge on any atom is 0.416 e. The molecule has 0 aromatic heterocycles. The van der Waals surface area contributed by atoms with Crippen LogP contribution >= 0.6 is 0 Å². The highest BCUT2D eigenvalue weighted by Gasteiger charge is 2.30. The number of amides is 1. The lowest BCUT2D eigenvalue weighted by molar-refractivity contribution is -0.137. The van der Waals surface area contributed by atoms with Gasteiger partial charge in [0.15, 0.2) is 0 Å². The fourth-order valence-electron chi connectivity index (χ4n) is 3.03. The summed E-state index contributed by atoms with van der Waals surface area (Å²) in [5, 5.41) is 2.78. The first-order valence-electron chi connectivity index (χ1n) is 8.73. The van der Waals surface area contributed by atoms with E-state index in [9.17, 15) is 18.0 Å². The van der Waals surface area contributed by atoms with E-state index in [4.69, 9.17) is 0 Å². The first-order chi connectivity index (χ1) is 11.9. The van der Waals surface area contributed by atoms with Crippen molar-refractivity contribution in [3.63, 3.8) is 0 Å². The summed E-state index contributed by atoms with van der Waals surface area (Å²) in [5.41, 5.74) is -0.363. The highest BCUT2D eigenvalue weighted by atomic mass is 19.4. The third kappa shape index (κ3) is 6.53. The summed E-state index contributed by atoms with van der Waals surface area (Å²) in [6, 6.07) is 5.52. The van der Waals surface area contributed by atoms with E-state index >= 15 is 0 Å². The lowest BCUT2D eigenvalue weighted by Gasteiger charge is -2.33. The Hall–Kier alpha value is -1.82. The topological polar surface area (TPSA) is 32.3 Å². The van der Waals surface area contributed by atoms with Crippen LogP contribution in [-0.4, -0.2) is 36.5 Å². The van der Waals surface area contributed by atoms with Crippen LogP contribution < -0.4 is 5.32 Å². The molecule has 1 aromatic carbocycles. The van der Waals surface area contributed by atoms with E-state index in [0.717, 1.165) is 31.6 Å². The Morgan fingerprint density at radius 2 is 2.16 bits per heavy atom. The molecule has 0 unspecified atom stereocenters. The van der Waals surface area contributed by atoms with Gasteiger partial charge in [-0.2, -0.15) is 13.2 Å². The maximum atomic E-state index is 12.6. The largest absolute Gasteiger partial charge is 0.416 e. The fraction of sp³-hybridized carbons (Fsp3) is 0.526. The Kier molecular flexibility index (Phi) is 7.05. The predicted octanol–water partition coefficient (Wildman–Crippen LogP) is 4.10. The summed E-state index contributed by atoms with van der Waals surface area (Å²) in [4.78, 5) is 14.2. The third-order valence-corrected chi connectivity index (χ3v) is 4.50. The van der Waals surface area contributed by atoms with E-state index in [1.54, 1.807) is 0 Å². The molecule has 6 heteroatoms. The summed E-state index contributed by atoms with van der Waals surface area (Å²) in [7, 11) is 0. The van der Waals surface area contributed by atoms with Gasteiger partial charge in [-0.25, -0.2) is 0 Å². The van der Waals surface area contributed by atoms with E-state index in [2.05, 4.69) is 17.1 Å². The van der Waals surface area contributed by atoms with Gasteiger partial charge >= 0.3 is 6.18 Å². The second-order valence-electron chi connectivity index (χ2n) is 6.48. The molecule has 0 bridgehead atoms. The molecule has 1 aliphatic rings. The number of benzene rings is 1. The summed E-state index contributed by atoms with van der Waals surface area (Å²) in [5.74, 6) is -0.288. The van der Waals surface area contributed by atoms with Crippen molar-refractivity contribution in [3.8, 4) is 0 Å². The molecule has 1 amide bonds. The second-order valence-corrected chi connectivity index (χ2v) is 6.48. The minimum absolute atomic E-state index is 0.288. The maximum absolute atomic E-state index is 12.6. The van der Waals surface area contributed by atoms with Gasteiger partial charge in [0, 0.05) is 25.2 Å². The lowest BCUT2D eigenvalue weighted by Crippen LogP contribution is -2.39. The molecule has 3 nitrogen and oxygen atoms in total. The van der Waals surface area contributed by atoms with E-state index < -0.39 is 11.7 Å². The number of hydrogen-bond donors (Lipinski definition) is 1. The number of likely N-dealkylation sites (tertiary alicyclic amines) is 1. The zero-order valence-electron chi connectivity index (χ0n) is 14.5. The first kappa shape index (κ1) is 19.5. The molecule has 0 spiro atoms. The minimum atomic E-state index is -4.38. The SMILES string of the molecule is C[C@@H]1CCCCN1CCCNC(=O)/C=C/c1cccc(C(F)(F)F)c1. The summed E-state index contributed by atoms with van der Waals surface area (Å²) >= 11 is 0. The summed E-state index contributed by atoms with van der Waals surface area (Å²) in [6.07, 6.45) is 2.92. The Morgan fingerprint density at radius 1 is 1.36 bits per heavy atom. The Labute approximate surface area is 146 Å². The van der Waals surface area contributed by atoms with Gasteiger partial charge in [-0.05, 0) is 56.5 Å². The Morgan fingerprint density at radius 3 is 2.88 bits per heavy atom. The van der Waals surface area contributed by atoms with Crippen molar-refractivity contribution in [2.75, 3.05) is 19.6 Å². The van der Waals surface area contributed by atoms with Crippen LogP contribution in [0.1, 0.15) is 43.7 Å². The van der Waals surface area contributed by atoms with Crippen molar-refractivity contribution in [2.24, 2.45) is 0 Å². The standard InChI is InChI=1S/C19H25F3N2O/c1-15-6-2-3-12-24(15)13-5-11-23-18(25)10-9-16-7-4-8-17(14-16)19(20,21)22/h4,7-10,14-15H,2-3,5-6,11-13H2,1H3,(H,23,25)/b10-9+/t15-/m1/s1. The van der Waals surface area contributed by atoms with Gasteiger partial charge in [0.2, 0.25) is 5.91 Å². The number of hydrogen-bond acceptors (Lipinski definition) is 2. The van der Waals surface area contributed by atoms with Crippen LogP contribution in [0.5, 0.6) is 0 Å². The molecular formula is C19H25F3N2O. The molecule has 138 valence electrons. The molecule has 0 aliphatic carbocycles. The van der Waals surface area contributed by atoms with Gasteiger partial charge in [0.1, 0.15) is 0 Å². The molecule has 1 aromatic rings. The molecule has 0 saturated carbocycles. The van der Waals surface area contributed by atoms with Crippen LogP contribution in [-0.2, 0) is 11.0 Å². The summed E-state index contributed by atoms with van der Waals surface area (Å²) in [6.45, 7) is 4.87. The zero-order valence-corrected chi connectivity index (χ0v) is 14.5. The molecule has 0 radical (unpaired) electrons. The third-order valence-electron chi connectivity index (χ3n) is 4.50. The van der Waals surface area contributed by atoms with Gasteiger partial charge in [-0.15, -0.1) is 0 Å². The molecule has 1 heterocycles. The quantitative estimate of drug-likeness (QED) is 0.616. The molecule has 1 saturated heterocycles. The average Bonchev–Trinajstić information content (AvgIpc) is 2.58. The second kappa shape index (κ2) is 9.04. The molecule has 1 fully saturated rings. The Bertz CT molecular complexity index is 599. The summed E-state index contributed by atoms with van der Waals surface area (Å²) < 4.78 is 37.9. The van der Waals surface area contributed by atoms with Crippen molar-refractivity contribution in [2.45, 2.75) is 44.8 Å². The van der Waals surface area contributed by atoms with Crippen LogP contribution in [0.15, 0.2) is 30.3 Å². The number of rotatable bonds is 6. The number of carbonyl (C=O) groups excluding carboxylic acids is 1. The number of alkyl halides is 3. The predicted molar refractivity (Wildman–Crippen MR) is 93.0 cm³/mol. The normalized spacial score (nSPS) is 19.3. The van der Waals surface area contributed by atoms with Crippen molar-refractivity contribution in [1.82, 2.24) is 10.2 Å². The van der Waals surface area contributed by atoms with Gasteiger partial charge in [0.05, 0.1) is 5.56 Å². The zero-order chi connectivity index (χ0) is 18.3. The molecule has 25 heavy (non-hydrogen) atoms. The van der Waals surface area contributed by atoms with Crippen molar-refractivity contribution < 1.29 is 18.0 Å². The fourth-order valence-corrected chi connectivity index (χ4v) is 3.03. The van der Waals surface area contributed by atoms with Crippen molar-refractivity contribution >= 4 is 12.0 Å². The van der Waals surface area contributed by atoms with Crippen LogP contribution in [0, 0.1) is 0 Å². The number of nitrogens with zero attached hydrogens (tertiary/aromatic N) is 1. The molecule has 1 atom stereocenters. The molecule has 1 N–H and O–H groups in total. The lowest BCUT2D eigenvalue weighted by atomic mass is 10.0. The highest BCUT2D eigenvalue weighted by molar-refractivity contribution is 5.91. The minimum Gasteiger partial charge on any atom is -0.353 e. The van der Waals surface area contributed by atoms with Crippen molar-refractivity contribution in [3.05, 3.63) is 41.5 Å². The number of piperidine rings is 1. The highest BCUT2D eigenvalue weighted by Crippen LogP contribution is 2.29. The van der Waals surface area contributed by atoms with Gasteiger partial charge < -0.3 is 10.2 Å². The molecule has 1 aliphatic heterocycles. The average molecular weight is 354 g/mol. The molecule has 2 rings (SSSR count). The monoisotopic (exact) mass is 354 g/mol. The van der Waals surface area contributed by atoms with E-state index in [1.165, 1.54) is 43.5 Å². The van der Waals surface area contributed by atoms with E-state index in [0.29, 0.717) is 18.2 Å². The number of nitrogens with one attached hydrogen (secondary N) is 1. The molecular weight excluding hydrogens is 329 g/mol. The van der Waals surface area contributed by atoms with Gasteiger partial charge in [-0.3, -0.25) is 4.79 Å². The van der Waals surface area contributed by atoms with Crippen LogP contribution in [0.2, 0.25) is 0 Å². The van der Waals surface area contributed by atoms with E-state index in [-0.39, 0.29) is 5.91 Å². The van der Waals surface area contributed by atoms with Gasteiger partial charge in [0.25, 0.3) is 0 Å². The van der Waals surface area contributed by atoms with E-state index in [1.807, 2.05) is 0 Å². The van der Waals surface area contributed by atoms with Crippen LogP contribution in [0.3, 0.4) is 0 Å². The number of carbonyl (C=O) groups is 1. The smallest absolute Gasteiger partial charge is 0.353 e. The van der Waals surface area contributed by atoms with Crippen LogP contribution in [0.4, 0.5) is 13.2 Å². The van der Waals surface area contributed by atoms with Crippen LogP contribution in [0.25, 0.3) is 6.08 Å². The number of halogens is 3. The Balaban J connectivity index is 1.74. The van der Waals surface area contributed by atoms with Gasteiger partial charge in [-0.1, -0.05) is 18.6 Å². The first-order valence-corrected chi connectivity index (χ1v) is 8.73.